The molecule has 2 nitrogen and oxygen atoms in total. The standard InChI is InChI=1S/C37H24N2S/c1-38-32-11-5-2-8-26(32)30-20-23(14-18-33(30)38)24-15-19-35-31(21-24)27-9-3-6-12-34(27)39(35)25-16-17-29-28-10-4-7-13-36(28)40-37(29)22-25/h2-22H,1H3. The van der Waals surface area contributed by atoms with Gasteiger partial charge < -0.3 is 9.13 Å². The third-order valence-corrected chi connectivity index (χ3v) is 9.67. The van der Waals surface area contributed by atoms with Gasteiger partial charge in [0.05, 0.1) is 11.0 Å². The molecular weight excluding hydrogens is 504 g/mol. The number of nitrogens with zero attached hydrogens (tertiary/aromatic N) is 2. The van der Waals surface area contributed by atoms with E-state index in [9.17, 15) is 0 Å². The van der Waals surface area contributed by atoms with Crippen LogP contribution in [0, 0.1) is 0 Å². The molecule has 0 unspecified atom stereocenters. The highest BCUT2D eigenvalue weighted by Crippen LogP contribution is 2.39. The number of rotatable bonds is 2. The van der Waals surface area contributed by atoms with Gasteiger partial charge in [0.25, 0.3) is 0 Å². The Morgan fingerprint density at radius 1 is 0.425 bits per heavy atom. The molecule has 0 aliphatic rings. The SMILES string of the molecule is Cn1c2ccccc2c2cc(-c3ccc4c(c3)c3ccccc3n4-c3ccc4c(c3)sc3ccccc34)ccc21. The first-order valence-electron chi connectivity index (χ1n) is 13.7. The summed E-state index contributed by atoms with van der Waals surface area (Å²) in [4.78, 5) is 0. The molecule has 0 saturated heterocycles. The van der Waals surface area contributed by atoms with Gasteiger partial charge in [0, 0.05) is 65.5 Å². The maximum absolute atomic E-state index is 2.42. The lowest BCUT2D eigenvalue weighted by atomic mass is 10.0. The summed E-state index contributed by atoms with van der Waals surface area (Å²) >= 11 is 1.87. The number of para-hydroxylation sites is 2. The number of aryl methyl sites for hydroxylation is 1. The summed E-state index contributed by atoms with van der Waals surface area (Å²) in [6, 6.07) is 46.9. The molecular formula is C37H24N2S. The van der Waals surface area contributed by atoms with Gasteiger partial charge in [0.2, 0.25) is 0 Å². The zero-order valence-corrected chi connectivity index (χ0v) is 22.7. The van der Waals surface area contributed by atoms with Crippen LogP contribution in [-0.4, -0.2) is 9.13 Å². The number of thiophene rings is 1. The molecule has 9 aromatic rings. The van der Waals surface area contributed by atoms with Crippen LogP contribution in [0.2, 0.25) is 0 Å². The van der Waals surface area contributed by atoms with Gasteiger partial charge in [-0.3, -0.25) is 0 Å². The maximum Gasteiger partial charge on any atom is 0.0541 e. The smallest absolute Gasteiger partial charge is 0.0541 e. The lowest BCUT2D eigenvalue weighted by molar-refractivity contribution is 1.01. The predicted octanol–water partition coefficient (Wildman–Crippen LogP) is 10.5. The van der Waals surface area contributed by atoms with Crippen LogP contribution in [0.4, 0.5) is 0 Å². The molecule has 40 heavy (non-hydrogen) atoms. The van der Waals surface area contributed by atoms with Crippen molar-refractivity contribution >= 4 is 75.1 Å². The van der Waals surface area contributed by atoms with Gasteiger partial charge in [-0.05, 0) is 65.7 Å². The lowest BCUT2D eigenvalue weighted by Gasteiger charge is -2.09. The largest absolute Gasteiger partial charge is 0.344 e. The van der Waals surface area contributed by atoms with Crippen molar-refractivity contribution in [1.82, 2.24) is 9.13 Å². The quantitative estimate of drug-likeness (QED) is 0.211. The summed E-state index contributed by atoms with van der Waals surface area (Å²) in [6.45, 7) is 0. The molecule has 0 bridgehead atoms. The van der Waals surface area contributed by atoms with Crippen LogP contribution in [-0.2, 0) is 7.05 Å². The van der Waals surface area contributed by atoms with Gasteiger partial charge in [-0.1, -0.05) is 72.8 Å². The molecule has 3 heteroatoms. The van der Waals surface area contributed by atoms with E-state index in [-0.39, 0.29) is 0 Å². The van der Waals surface area contributed by atoms with E-state index in [0.717, 1.165) is 0 Å². The monoisotopic (exact) mass is 528 g/mol. The van der Waals surface area contributed by atoms with E-state index in [0.29, 0.717) is 0 Å². The maximum atomic E-state index is 2.42. The van der Waals surface area contributed by atoms with Crippen molar-refractivity contribution in [3.63, 3.8) is 0 Å². The van der Waals surface area contributed by atoms with Gasteiger partial charge in [0.15, 0.2) is 0 Å². The average molecular weight is 529 g/mol. The first-order chi connectivity index (χ1) is 19.7. The minimum atomic E-state index is 1.20. The van der Waals surface area contributed by atoms with Crippen LogP contribution in [0.15, 0.2) is 127 Å². The fourth-order valence-electron chi connectivity index (χ4n) is 6.63. The molecule has 6 aromatic carbocycles. The first-order valence-corrected chi connectivity index (χ1v) is 14.5. The summed E-state index contributed by atoms with van der Waals surface area (Å²) in [5, 5.41) is 7.83. The minimum absolute atomic E-state index is 1.20. The Morgan fingerprint density at radius 2 is 0.975 bits per heavy atom. The van der Waals surface area contributed by atoms with Crippen molar-refractivity contribution in [3.05, 3.63) is 127 Å². The summed E-state index contributed by atoms with van der Waals surface area (Å²) in [6.07, 6.45) is 0. The number of fused-ring (bicyclic) bond motifs is 9. The topological polar surface area (TPSA) is 9.86 Å². The Balaban J connectivity index is 1.26. The van der Waals surface area contributed by atoms with E-state index in [1.54, 1.807) is 0 Å². The van der Waals surface area contributed by atoms with Crippen LogP contribution < -0.4 is 0 Å². The van der Waals surface area contributed by atoms with Crippen LogP contribution in [0.25, 0.3) is 80.6 Å². The van der Waals surface area contributed by atoms with Gasteiger partial charge in [-0.15, -0.1) is 11.3 Å². The Bertz CT molecular complexity index is 2450. The number of hydrogen-bond acceptors (Lipinski definition) is 1. The predicted molar refractivity (Wildman–Crippen MR) is 173 cm³/mol. The van der Waals surface area contributed by atoms with Crippen molar-refractivity contribution in [3.8, 4) is 16.8 Å². The van der Waals surface area contributed by atoms with Crippen LogP contribution in [0.5, 0.6) is 0 Å². The van der Waals surface area contributed by atoms with Gasteiger partial charge in [-0.25, -0.2) is 0 Å². The summed E-state index contributed by atoms with van der Waals surface area (Å²) in [5.74, 6) is 0. The van der Waals surface area contributed by atoms with Crippen LogP contribution in [0.1, 0.15) is 0 Å². The Kier molecular flexibility index (Phi) is 4.44. The van der Waals surface area contributed by atoms with Gasteiger partial charge >= 0.3 is 0 Å². The van der Waals surface area contributed by atoms with E-state index in [1.165, 1.54) is 80.6 Å². The van der Waals surface area contributed by atoms with E-state index >= 15 is 0 Å². The third-order valence-electron chi connectivity index (χ3n) is 8.54. The fraction of sp³-hybridized carbons (Fsp3) is 0.0270. The zero-order valence-electron chi connectivity index (χ0n) is 21.9. The third kappa shape index (κ3) is 2.98. The van der Waals surface area contributed by atoms with Crippen molar-refractivity contribution < 1.29 is 0 Å². The summed E-state index contributed by atoms with van der Waals surface area (Å²) in [5.41, 5.74) is 8.69. The van der Waals surface area contributed by atoms with Crippen molar-refractivity contribution in [2.75, 3.05) is 0 Å². The molecule has 0 spiro atoms. The second-order valence-corrected chi connectivity index (χ2v) is 11.8. The van der Waals surface area contributed by atoms with Crippen molar-refractivity contribution in [1.29, 1.82) is 0 Å². The molecule has 188 valence electrons. The molecule has 0 saturated carbocycles. The van der Waals surface area contributed by atoms with Gasteiger partial charge in [-0.2, -0.15) is 0 Å². The van der Waals surface area contributed by atoms with Gasteiger partial charge in [0.1, 0.15) is 0 Å². The highest BCUT2D eigenvalue weighted by atomic mass is 32.1. The normalized spacial score (nSPS) is 12.1. The molecule has 0 fully saturated rings. The molecule has 0 atom stereocenters. The molecule has 3 heterocycles. The second kappa shape index (κ2) is 8.08. The lowest BCUT2D eigenvalue weighted by Crippen LogP contribution is -1.93. The van der Waals surface area contributed by atoms with Crippen molar-refractivity contribution in [2.24, 2.45) is 7.05 Å². The van der Waals surface area contributed by atoms with Crippen LogP contribution in [0.3, 0.4) is 0 Å². The van der Waals surface area contributed by atoms with E-state index in [4.69, 9.17) is 0 Å². The minimum Gasteiger partial charge on any atom is -0.344 e. The molecule has 0 amide bonds. The molecule has 3 aromatic heterocycles. The zero-order chi connectivity index (χ0) is 26.4. The molecule has 9 rings (SSSR count). The summed E-state index contributed by atoms with van der Waals surface area (Å²) in [7, 11) is 2.15. The second-order valence-electron chi connectivity index (χ2n) is 10.7. The van der Waals surface area contributed by atoms with E-state index in [1.807, 2.05) is 11.3 Å². The Hall–Kier alpha value is -4.86. The van der Waals surface area contributed by atoms with Crippen molar-refractivity contribution in [2.45, 2.75) is 0 Å². The number of benzene rings is 6. The fourth-order valence-corrected chi connectivity index (χ4v) is 7.77. The highest BCUT2D eigenvalue weighted by Gasteiger charge is 2.15. The molecule has 0 aliphatic heterocycles. The average Bonchev–Trinajstić information content (AvgIpc) is 3.64. The Morgan fingerprint density at radius 3 is 1.77 bits per heavy atom. The number of hydrogen-bond donors (Lipinski definition) is 0. The Labute approximate surface area is 234 Å². The molecule has 0 N–H and O–H groups in total. The van der Waals surface area contributed by atoms with E-state index < -0.39 is 0 Å². The molecule has 0 radical (unpaired) electrons. The van der Waals surface area contributed by atoms with E-state index in [2.05, 4.69) is 144 Å². The summed E-state index contributed by atoms with van der Waals surface area (Å²) < 4.78 is 7.37. The first kappa shape index (κ1) is 22.0. The number of aromatic nitrogens is 2. The molecule has 0 aliphatic carbocycles. The highest BCUT2D eigenvalue weighted by molar-refractivity contribution is 7.25. The van der Waals surface area contributed by atoms with Crippen LogP contribution >= 0.6 is 11.3 Å².